The number of aromatic nitrogens is 3. The van der Waals surface area contributed by atoms with Gasteiger partial charge in [-0.1, -0.05) is 17.9 Å². The van der Waals surface area contributed by atoms with Gasteiger partial charge in [-0.15, -0.1) is 0 Å². The lowest BCUT2D eigenvalue weighted by molar-refractivity contribution is -0.137. The zero-order valence-electron chi connectivity index (χ0n) is 26.8. The summed E-state index contributed by atoms with van der Waals surface area (Å²) in [6.07, 6.45) is -0.827. The van der Waals surface area contributed by atoms with Gasteiger partial charge in [0.2, 0.25) is 5.91 Å². The molecule has 3 saturated heterocycles. The molecule has 49 heavy (non-hydrogen) atoms. The number of amides is 1. The van der Waals surface area contributed by atoms with E-state index in [2.05, 4.69) is 26.4 Å². The van der Waals surface area contributed by atoms with E-state index in [1.807, 2.05) is 0 Å². The van der Waals surface area contributed by atoms with Crippen molar-refractivity contribution in [3.63, 3.8) is 0 Å². The fraction of sp³-hybridized carbons (Fsp3) is 0.455. The van der Waals surface area contributed by atoms with Gasteiger partial charge in [-0.25, -0.2) is 13.8 Å². The molecule has 2 aromatic heterocycles. The first-order valence-corrected chi connectivity index (χ1v) is 16.7. The Kier molecular flexibility index (Phi) is 8.38. The maximum atomic E-state index is 16.9. The molecule has 3 fully saturated rings. The predicted molar refractivity (Wildman–Crippen MR) is 176 cm³/mol. The molecule has 16 heteroatoms. The number of likely N-dealkylation sites (N-methyl/N-ethyl adjacent to an activating group) is 1. The SMILES string of the molecule is C=CC(=O)N1CC[C@@H](N(C)c2nc(OC[C@@]34CCCN3C[C@H](OC)C4)nc3c(F)c(-c4ccc(F)c5sc(N)nc45)c(C(F)(F)F)cc23)C1. The van der Waals surface area contributed by atoms with Gasteiger partial charge in [-0.05, 0) is 56.5 Å². The maximum Gasteiger partial charge on any atom is 0.417 e. The Hall–Kier alpha value is -4.15. The Morgan fingerprint density at radius 1 is 1.20 bits per heavy atom. The fourth-order valence-electron chi connectivity index (χ4n) is 7.59. The molecular weight excluding hydrogens is 669 g/mol. The number of methoxy groups -OCH3 is 1. The molecule has 0 radical (unpaired) electrons. The van der Waals surface area contributed by atoms with Crippen LogP contribution in [0.25, 0.3) is 32.2 Å². The van der Waals surface area contributed by atoms with Gasteiger partial charge >= 0.3 is 12.2 Å². The Morgan fingerprint density at radius 3 is 2.73 bits per heavy atom. The van der Waals surface area contributed by atoms with Crippen molar-refractivity contribution in [2.75, 3.05) is 57.6 Å². The number of anilines is 2. The number of nitrogens with two attached hydrogens (primary N) is 1. The van der Waals surface area contributed by atoms with Crippen LogP contribution in [0, 0.1) is 11.6 Å². The minimum Gasteiger partial charge on any atom is -0.461 e. The molecule has 3 aliphatic rings. The van der Waals surface area contributed by atoms with Gasteiger partial charge in [0.25, 0.3) is 0 Å². The number of hydrogen-bond acceptors (Lipinski definition) is 10. The average Bonchev–Trinajstić information content (AvgIpc) is 3.86. The van der Waals surface area contributed by atoms with Crippen LogP contribution >= 0.6 is 11.3 Å². The monoisotopic (exact) mass is 703 g/mol. The lowest BCUT2D eigenvalue weighted by atomic mass is 9.94. The van der Waals surface area contributed by atoms with Crippen molar-refractivity contribution < 1.29 is 36.2 Å². The van der Waals surface area contributed by atoms with E-state index in [1.54, 1.807) is 24.0 Å². The van der Waals surface area contributed by atoms with E-state index < -0.39 is 34.5 Å². The smallest absolute Gasteiger partial charge is 0.417 e. The number of rotatable bonds is 8. The number of carbonyl (C=O) groups excluding carboxylic acids is 1. The van der Waals surface area contributed by atoms with E-state index in [9.17, 15) is 22.4 Å². The molecule has 2 N–H and O–H groups in total. The largest absolute Gasteiger partial charge is 0.461 e. The molecule has 5 heterocycles. The number of benzene rings is 2. The van der Waals surface area contributed by atoms with Crippen LogP contribution in [0.5, 0.6) is 6.01 Å². The van der Waals surface area contributed by atoms with Crippen molar-refractivity contribution in [2.45, 2.75) is 49.5 Å². The van der Waals surface area contributed by atoms with Gasteiger partial charge in [0.1, 0.15) is 23.8 Å². The fourth-order valence-corrected chi connectivity index (χ4v) is 8.35. The summed E-state index contributed by atoms with van der Waals surface area (Å²) < 4.78 is 88.0. The highest BCUT2D eigenvalue weighted by Gasteiger charge is 2.49. The van der Waals surface area contributed by atoms with Crippen LogP contribution in [-0.4, -0.2) is 95.3 Å². The highest BCUT2D eigenvalue weighted by atomic mass is 32.1. The molecular formula is C33H34F5N7O3S. The molecule has 4 aromatic rings. The van der Waals surface area contributed by atoms with Crippen molar-refractivity contribution >= 4 is 49.3 Å². The van der Waals surface area contributed by atoms with Crippen molar-refractivity contribution in [1.82, 2.24) is 24.8 Å². The van der Waals surface area contributed by atoms with Crippen molar-refractivity contribution in [3.8, 4) is 17.1 Å². The topological polar surface area (TPSA) is 110 Å². The van der Waals surface area contributed by atoms with Gasteiger partial charge in [0.15, 0.2) is 10.9 Å². The van der Waals surface area contributed by atoms with Gasteiger partial charge in [-0.3, -0.25) is 9.69 Å². The average molecular weight is 704 g/mol. The summed E-state index contributed by atoms with van der Waals surface area (Å²) in [6, 6.07) is 2.27. The second kappa shape index (κ2) is 12.3. The summed E-state index contributed by atoms with van der Waals surface area (Å²) >= 11 is 0.753. The quantitative estimate of drug-likeness (QED) is 0.184. The Balaban J connectivity index is 1.40. The van der Waals surface area contributed by atoms with Gasteiger partial charge in [0, 0.05) is 56.3 Å². The lowest BCUT2D eigenvalue weighted by Gasteiger charge is -2.31. The number of likely N-dealkylation sites (tertiary alicyclic amines) is 1. The predicted octanol–water partition coefficient (Wildman–Crippen LogP) is 5.64. The van der Waals surface area contributed by atoms with Crippen molar-refractivity contribution in [2.24, 2.45) is 0 Å². The van der Waals surface area contributed by atoms with Gasteiger partial charge in [-0.2, -0.15) is 23.1 Å². The molecule has 10 nitrogen and oxygen atoms in total. The van der Waals surface area contributed by atoms with Crippen LogP contribution in [0.4, 0.5) is 32.9 Å². The number of ether oxygens (including phenoxy) is 2. The zero-order chi connectivity index (χ0) is 34.8. The maximum absolute atomic E-state index is 16.9. The first kappa shape index (κ1) is 33.4. The molecule has 0 aliphatic carbocycles. The highest BCUT2D eigenvalue weighted by molar-refractivity contribution is 7.22. The minimum atomic E-state index is -5.04. The minimum absolute atomic E-state index is 0.0120. The number of alkyl halides is 3. The van der Waals surface area contributed by atoms with Crippen LogP contribution < -0.4 is 15.4 Å². The third-order valence-electron chi connectivity index (χ3n) is 10.1. The number of nitrogen functional groups attached to an aromatic ring is 1. The summed E-state index contributed by atoms with van der Waals surface area (Å²) in [7, 11) is 3.30. The zero-order valence-corrected chi connectivity index (χ0v) is 27.6. The molecule has 7 rings (SSSR count). The van der Waals surface area contributed by atoms with E-state index >= 15 is 4.39 Å². The summed E-state index contributed by atoms with van der Waals surface area (Å²) in [5, 5.41) is -0.282. The molecule has 3 atom stereocenters. The highest BCUT2D eigenvalue weighted by Crippen LogP contribution is 2.46. The van der Waals surface area contributed by atoms with Gasteiger partial charge < -0.3 is 25.0 Å². The third kappa shape index (κ3) is 5.72. The number of thiazole rings is 1. The molecule has 1 amide bonds. The second-order valence-electron chi connectivity index (χ2n) is 12.8. The first-order chi connectivity index (χ1) is 23.3. The molecule has 3 aliphatic heterocycles. The first-order valence-electron chi connectivity index (χ1n) is 15.8. The summed E-state index contributed by atoms with van der Waals surface area (Å²) in [6.45, 7) is 5.96. The van der Waals surface area contributed by atoms with E-state index in [1.165, 1.54) is 6.08 Å². The number of fused-ring (bicyclic) bond motifs is 3. The van der Waals surface area contributed by atoms with E-state index in [-0.39, 0.29) is 74.9 Å². The summed E-state index contributed by atoms with van der Waals surface area (Å²) in [4.78, 5) is 30.9. The number of hydrogen-bond donors (Lipinski definition) is 1. The number of nitrogens with zero attached hydrogens (tertiary/aromatic N) is 6. The Morgan fingerprint density at radius 2 is 2.00 bits per heavy atom. The van der Waals surface area contributed by atoms with E-state index in [0.29, 0.717) is 19.4 Å². The molecule has 0 unspecified atom stereocenters. The van der Waals surface area contributed by atoms with Crippen LogP contribution in [0.3, 0.4) is 0 Å². The molecule has 2 aromatic carbocycles. The summed E-state index contributed by atoms with van der Waals surface area (Å²) in [5.74, 6) is -2.30. The van der Waals surface area contributed by atoms with E-state index in [4.69, 9.17) is 15.2 Å². The van der Waals surface area contributed by atoms with Crippen LogP contribution in [0.1, 0.15) is 31.2 Å². The van der Waals surface area contributed by atoms with E-state index in [0.717, 1.165) is 55.5 Å². The number of carbonyl (C=O) groups is 1. The van der Waals surface area contributed by atoms with Gasteiger partial charge in [0.05, 0.1) is 27.4 Å². The second-order valence-corrected chi connectivity index (χ2v) is 13.9. The number of halogens is 5. The summed E-state index contributed by atoms with van der Waals surface area (Å²) in [5.41, 5.74) is 2.43. The molecule has 0 saturated carbocycles. The third-order valence-corrected chi connectivity index (χ3v) is 11.0. The van der Waals surface area contributed by atoms with Crippen LogP contribution in [0.15, 0.2) is 30.9 Å². The van der Waals surface area contributed by atoms with Crippen LogP contribution in [0.2, 0.25) is 0 Å². The Labute approximate surface area is 282 Å². The van der Waals surface area contributed by atoms with Crippen molar-refractivity contribution in [1.29, 1.82) is 0 Å². The standard InChI is InChI=1S/C33H34F5N7O3S/c1-4-23(46)44-11-8-17(14-44)43(2)29-20-12-21(33(36,37)38)24(19-6-7-22(34)28-27(19)40-30(39)49-28)25(35)26(20)41-31(42-29)48-16-32-9-5-10-45(32)15-18(13-32)47-3/h4,6-7,12,17-18H,1,5,8-11,13-16H2,2-3H3,(H2,39,40)/t17-,18-,32+/m1/s1. The normalized spacial score (nSPS) is 22.7. The molecule has 0 spiro atoms. The van der Waals surface area contributed by atoms with Crippen LogP contribution in [-0.2, 0) is 15.7 Å². The molecule has 260 valence electrons. The Bertz CT molecular complexity index is 1970. The lowest BCUT2D eigenvalue weighted by Crippen LogP contribution is -2.43. The molecule has 0 bridgehead atoms. The van der Waals surface area contributed by atoms with Crippen molar-refractivity contribution in [3.05, 3.63) is 48.1 Å².